The number of carbonyl (C=O) groups is 1. The van der Waals surface area contributed by atoms with Gasteiger partial charge in [0.2, 0.25) is 5.91 Å². The third-order valence-corrected chi connectivity index (χ3v) is 4.47. The lowest BCUT2D eigenvalue weighted by molar-refractivity contribution is -0.137. The molecule has 1 saturated heterocycles. The molecular weight excluding hydrogens is 242 g/mol. The lowest BCUT2D eigenvalue weighted by Crippen LogP contribution is -2.46. The largest absolute Gasteiger partial charge is 0.409 e. The first kappa shape index (κ1) is 14.2. The molecule has 2 aliphatic rings. The van der Waals surface area contributed by atoms with Crippen molar-refractivity contribution in [3.63, 3.8) is 0 Å². The van der Waals surface area contributed by atoms with Crippen LogP contribution in [0.25, 0.3) is 0 Å². The van der Waals surface area contributed by atoms with Crippen LogP contribution in [0, 0.1) is 11.8 Å². The molecule has 2 fully saturated rings. The number of nitrogens with zero attached hydrogens (tertiary/aromatic N) is 2. The molecule has 0 aromatic heterocycles. The summed E-state index contributed by atoms with van der Waals surface area (Å²) in [6.45, 7) is 1.44. The van der Waals surface area contributed by atoms with Gasteiger partial charge in [-0.15, -0.1) is 0 Å². The maximum absolute atomic E-state index is 12.5. The van der Waals surface area contributed by atoms with E-state index in [1.54, 1.807) is 0 Å². The molecule has 108 valence electrons. The summed E-state index contributed by atoms with van der Waals surface area (Å²) in [5.41, 5.74) is 5.68. The van der Waals surface area contributed by atoms with Gasteiger partial charge in [-0.05, 0) is 25.7 Å². The van der Waals surface area contributed by atoms with Crippen LogP contribution in [0.4, 0.5) is 0 Å². The predicted octanol–water partition coefficient (Wildman–Crippen LogP) is 1.94. The van der Waals surface area contributed by atoms with E-state index in [4.69, 9.17) is 10.9 Å². The van der Waals surface area contributed by atoms with Gasteiger partial charge in [-0.25, -0.2) is 0 Å². The highest BCUT2D eigenvalue weighted by Gasteiger charge is 2.30. The van der Waals surface area contributed by atoms with Gasteiger partial charge in [0.15, 0.2) is 0 Å². The van der Waals surface area contributed by atoms with Gasteiger partial charge in [-0.3, -0.25) is 4.79 Å². The SMILES string of the molecule is NC(=NO)C1CCCN(C(=O)C2CCCCCC2)C1. The van der Waals surface area contributed by atoms with E-state index in [2.05, 4.69) is 5.16 Å². The Hall–Kier alpha value is -1.26. The molecule has 0 spiro atoms. The minimum absolute atomic E-state index is 0.0217. The van der Waals surface area contributed by atoms with Crippen LogP contribution in [0.2, 0.25) is 0 Å². The average molecular weight is 267 g/mol. The minimum Gasteiger partial charge on any atom is -0.409 e. The van der Waals surface area contributed by atoms with Gasteiger partial charge in [0, 0.05) is 24.9 Å². The Balaban J connectivity index is 1.94. The van der Waals surface area contributed by atoms with E-state index < -0.39 is 0 Å². The molecule has 2 rings (SSSR count). The zero-order chi connectivity index (χ0) is 13.7. The van der Waals surface area contributed by atoms with Gasteiger partial charge in [-0.2, -0.15) is 0 Å². The van der Waals surface area contributed by atoms with Crippen molar-refractivity contribution in [3.05, 3.63) is 0 Å². The highest BCUT2D eigenvalue weighted by Crippen LogP contribution is 2.26. The Kier molecular flexibility index (Phi) is 5.05. The number of likely N-dealkylation sites (tertiary alicyclic amines) is 1. The fourth-order valence-corrected chi connectivity index (χ4v) is 3.28. The number of amides is 1. The smallest absolute Gasteiger partial charge is 0.225 e. The summed E-state index contributed by atoms with van der Waals surface area (Å²) >= 11 is 0. The number of hydrogen-bond donors (Lipinski definition) is 2. The van der Waals surface area contributed by atoms with Crippen molar-refractivity contribution in [3.8, 4) is 0 Å². The van der Waals surface area contributed by atoms with Crippen molar-refractivity contribution in [2.24, 2.45) is 22.7 Å². The molecule has 0 aromatic carbocycles. The van der Waals surface area contributed by atoms with Crippen LogP contribution >= 0.6 is 0 Å². The normalized spacial score (nSPS) is 27.1. The zero-order valence-corrected chi connectivity index (χ0v) is 11.6. The Morgan fingerprint density at radius 2 is 1.68 bits per heavy atom. The first-order valence-corrected chi connectivity index (χ1v) is 7.48. The molecule has 1 heterocycles. The third kappa shape index (κ3) is 3.61. The van der Waals surface area contributed by atoms with E-state index in [-0.39, 0.29) is 23.6 Å². The summed E-state index contributed by atoms with van der Waals surface area (Å²) in [7, 11) is 0. The molecule has 1 unspecified atom stereocenters. The number of amidine groups is 1. The summed E-state index contributed by atoms with van der Waals surface area (Å²) in [6, 6.07) is 0. The molecule has 19 heavy (non-hydrogen) atoms. The first-order chi connectivity index (χ1) is 9.22. The number of carbonyl (C=O) groups excluding carboxylic acids is 1. The number of hydrogen-bond acceptors (Lipinski definition) is 3. The molecule has 1 aliphatic carbocycles. The average Bonchev–Trinajstić information content (AvgIpc) is 2.75. The molecule has 1 saturated carbocycles. The monoisotopic (exact) mass is 267 g/mol. The predicted molar refractivity (Wildman–Crippen MR) is 73.9 cm³/mol. The number of piperidine rings is 1. The van der Waals surface area contributed by atoms with Crippen LogP contribution in [-0.2, 0) is 4.79 Å². The van der Waals surface area contributed by atoms with Gasteiger partial charge in [0.05, 0.1) is 0 Å². The maximum Gasteiger partial charge on any atom is 0.225 e. The van der Waals surface area contributed by atoms with E-state index in [0.717, 1.165) is 32.2 Å². The van der Waals surface area contributed by atoms with Crippen molar-refractivity contribution in [2.75, 3.05) is 13.1 Å². The van der Waals surface area contributed by atoms with Crippen LogP contribution in [0.3, 0.4) is 0 Å². The van der Waals surface area contributed by atoms with Gasteiger partial charge < -0.3 is 15.8 Å². The second kappa shape index (κ2) is 6.78. The van der Waals surface area contributed by atoms with Gasteiger partial charge >= 0.3 is 0 Å². The number of nitrogens with two attached hydrogens (primary N) is 1. The second-order valence-electron chi connectivity index (χ2n) is 5.84. The highest BCUT2D eigenvalue weighted by molar-refractivity contribution is 5.84. The maximum atomic E-state index is 12.5. The fraction of sp³-hybridized carbons (Fsp3) is 0.857. The topological polar surface area (TPSA) is 78.9 Å². The van der Waals surface area contributed by atoms with E-state index in [1.165, 1.54) is 25.7 Å². The third-order valence-electron chi connectivity index (χ3n) is 4.47. The van der Waals surface area contributed by atoms with Crippen LogP contribution in [0.15, 0.2) is 5.16 Å². The van der Waals surface area contributed by atoms with Crippen molar-refractivity contribution >= 4 is 11.7 Å². The molecule has 1 atom stereocenters. The summed E-state index contributed by atoms with van der Waals surface area (Å²) in [5.74, 6) is 0.776. The lowest BCUT2D eigenvalue weighted by Gasteiger charge is -2.34. The van der Waals surface area contributed by atoms with Gasteiger partial charge in [-0.1, -0.05) is 30.8 Å². The quantitative estimate of drug-likeness (QED) is 0.264. The van der Waals surface area contributed by atoms with E-state index >= 15 is 0 Å². The molecule has 1 aliphatic heterocycles. The molecule has 1 amide bonds. The van der Waals surface area contributed by atoms with E-state index in [1.807, 2.05) is 4.90 Å². The number of rotatable bonds is 2. The fourth-order valence-electron chi connectivity index (χ4n) is 3.28. The van der Waals surface area contributed by atoms with Crippen LogP contribution in [-0.4, -0.2) is 34.9 Å². The number of oxime groups is 1. The second-order valence-corrected chi connectivity index (χ2v) is 5.84. The first-order valence-electron chi connectivity index (χ1n) is 7.48. The molecule has 3 N–H and O–H groups in total. The summed E-state index contributed by atoms with van der Waals surface area (Å²) in [4.78, 5) is 14.5. The highest BCUT2D eigenvalue weighted by atomic mass is 16.4. The van der Waals surface area contributed by atoms with Crippen LogP contribution in [0.5, 0.6) is 0 Å². The Morgan fingerprint density at radius 3 is 2.32 bits per heavy atom. The Bertz CT molecular complexity index is 336. The summed E-state index contributed by atoms with van der Waals surface area (Å²) < 4.78 is 0. The molecule has 0 aromatic rings. The van der Waals surface area contributed by atoms with Gasteiger partial charge in [0.1, 0.15) is 5.84 Å². The van der Waals surface area contributed by atoms with Crippen molar-refractivity contribution in [2.45, 2.75) is 51.4 Å². The molecule has 5 heteroatoms. The van der Waals surface area contributed by atoms with Crippen molar-refractivity contribution in [1.29, 1.82) is 0 Å². The van der Waals surface area contributed by atoms with Crippen LogP contribution in [0.1, 0.15) is 51.4 Å². The summed E-state index contributed by atoms with van der Waals surface area (Å²) in [6.07, 6.45) is 8.78. The molecular formula is C14H25N3O2. The lowest BCUT2D eigenvalue weighted by atomic mass is 9.93. The molecule has 5 nitrogen and oxygen atoms in total. The van der Waals surface area contributed by atoms with Crippen LogP contribution < -0.4 is 5.73 Å². The standard InChI is InChI=1S/C14H25N3O2/c15-13(16-19)12-8-5-9-17(10-12)14(18)11-6-3-1-2-4-7-11/h11-12,19H,1-10H2,(H2,15,16). The van der Waals surface area contributed by atoms with Crippen molar-refractivity contribution in [1.82, 2.24) is 4.90 Å². The zero-order valence-electron chi connectivity index (χ0n) is 11.6. The van der Waals surface area contributed by atoms with Crippen molar-refractivity contribution < 1.29 is 10.0 Å². The molecule has 0 radical (unpaired) electrons. The minimum atomic E-state index is 0.0217. The Labute approximate surface area is 114 Å². The van der Waals surface area contributed by atoms with E-state index in [0.29, 0.717) is 6.54 Å². The van der Waals surface area contributed by atoms with E-state index in [9.17, 15) is 4.79 Å². The Morgan fingerprint density at radius 1 is 1.05 bits per heavy atom. The summed E-state index contributed by atoms with van der Waals surface area (Å²) in [5, 5.41) is 11.8. The van der Waals surface area contributed by atoms with Gasteiger partial charge in [0.25, 0.3) is 0 Å². The molecule has 0 bridgehead atoms.